The average Bonchev–Trinajstić information content (AvgIpc) is 2.79. The summed E-state index contributed by atoms with van der Waals surface area (Å²) in [6.45, 7) is 0.554. The minimum Gasteiger partial charge on any atom is -0.548 e. The van der Waals surface area contributed by atoms with Crippen LogP contribution in [0.15, 0.2) is 29.1 Å². The standard InChI is InChI=1S/C20H23N7O7.Ca/c21-20-25-16-15(18(32)26-20)27(9-28)12(8-23-16)7-22-11-3-1-10(2-4-11)17(31)24-13(19(33)34)5-6-14(29)30;/h1-4,9,12-13,22H,5-8H2,(H,24,31)(H,29,30)(H,33,34)(H4,21,23,25,26,32);/q;+2/p-1/t12-,13+;/m1./s1. The first-order valence-electron chi connectivity index (χ1n) is 10.1. The smallest absolute Gasteiger partial charge is 0.548 e. The molecule has 2 heterocycles. The fraction of sp³-hybridized carbons (Fsp3) is 0.300. The molecule has 2 atom stereocenters. The molecule has 2 amide bonds. The number of nitrogen functional groups attached to an aromatic ring is 1. The number of aromatic nitrogens is 2. The van der Waals surface area contributed by atoms with E-state index in [1.165, 1.54) is 17.0 Å². The Morgan fingerprint density at radius 3 is 2.60 bits per heavy atom. The van der Waals surface area contributed by atoms with Crippen LogP contribution in [0.5, 0.6) is 0 Å². The number of carboxylic acids is 2. The minimum atomic E-state index is -1.58. The molecule has 0 fully saturated rings. The third-order valence-electron chi connectivity index (χ3n) is 5.11. The summed E-state index contributed by atoms with van der Waals surface area (Å²) in [6, 6.07) is 4.17. The number of anilines is 4. The Kier molecular flexibility index (Phi) is 9.86. The van der Waals surface area contributed by atoms with Gasteiger partial charge in [-0.25, -0.2) is 0 Å². The van der Waals surface area contributed by atoms with Gasteiger partial charge < -0.3 is 41.6 Å². The van der Waals surface area contributed by atoms with Gasteiger partial charge >= 0.3 is 43.7 Å². The second-order valence-corrected chi connectivity index (χ2v) is 7.43. The van der Waals surface area contributed by atoms with Gasteiger partial charge in [0.15, 0.2) is 11.5 Å². The SMILES string of the molecule is Nc1nc2c(c(=O)[nH]1)N(C=O)[C@H](CNc1ccc(C(=O)N[C@@H](CCC(=O)O)C(=O)[O-])cc1)CN2.[Ca+2]. The Balaban J connectivity index is 0.00000432. The molecule has 0 bridgehead atoms. The van der Waals surface area contributed by atoms with Crippen LogP contribution in [-0.4, -0.2) is 102 Å². The van der Waals surface area contributed by atoms with Crippen molar-refractivity contribution in [1.82, 2.24) is 15.3 Å². The number of aliphatic carboxylic acids is 2. The van der Waals surface area contributed by atoms with Crippen LogP contribution in [0.2, 0.25) is 0 Å². The number of carboxylic acid groups (broad SMARTS) is 2. The number of carbonyl (C=O) groups excluding carboxylic acids is 3. The third kappa shape index (κ3) is 7.07. The average molecular weight is 513 g/mol. The molecule has 14 nitrogen and oxygen atoms in total. The summed E-state index contributed by atoms with van der Waals surface area (Å²) in [4.78, 5) is 65.6. The van der Waals surface area contributed by atoms with Crippen LogP contribution >= 0.6 is 0 Å². The summed E-state index contributed by atoms with van der Waals surface area (Å²) < 4.78 is 0. The Morgan fingerprint density at radius 2 is 2.00 bits per heavy atom. The zero-order chi connectivity index (χ0) is 24.8. The number of amides is 2. The van der Waals surface area contributed by atoms with Crippen molar-refractivity contribution in [3.05, 3.63) is 40.2 Å². The number of rotatable bonds is 10. The predicted octanol–water partition coefficient (Wildman–Crippen LogP) is -2.45. The number of carbonyl (C=O) groups is 4. The third-order valence-corrected chi connectivity index (χ3v) is 5.11. The molecule has 1 aromatic heterocycles. The maximum Gasteiger partial charge on any atom is 2.00 e. The van der Waals surface area contributed by atoms with Gasteiger partial charge in [-0.05, 0) is 30.7 Å². The normalized spacial score (nSPS) is 15.0. The molecule has 7 N–H and O–H groups in total. The Hall–Kier alpha value is -3.36. The monoisotopic (exact) mass is 512 g/mol. The summed E-state index contributed by atoms with van der Waals surface area (Å²) >= 11 is 0. The number of nitrogens with zero attached hydrogens (tertiary/aromatic N) is 2. The van der Waals surface area contributed by atoms with E-state index in [0.29, 0.717) is 18.6 Å². The molecule has 35 heavy (non-hydrogen) atoms. The number of hydrogen-bond donors (Lipinski definition) is 6. The summed E-state index contributed by atoms with van der Waals surface area (Å²) in [5.74, 6) is -3.33. The molecule has 180 valence electrons. The molecule has 1 aliphatic rings. The van der Waals surface area contributed by atoms with Crippen LogP contribution in [0.1, 0.15) is 23.2 Å². The van der Waals surface area contributed by atoms with Gasteiger partial charge in [0.25, 0.3) is 11.5 Å². The van der Waals surface area contributed by atoms with Gasteiger partial charge in [-0.1, -0.05) is 0 Å². The molecule has 0 aliphatic carbocycles. The predicted molar refractivity (Wildman–Crippen MR) is 124 cm³/mol. The van der Waals surface area contributed by atoms with E-state index < -0.39 is 41.9 Å². The summed E-state index contributed by atoms with van der Waals surface area (Å²) in [6.07, 6.45) is -0.208. The van der Waals surface area contributed by atoms with E-state index in [9.17, 15) is 29.1 Å². The van der Waals surface area contributed by atoms with Crippen LogP contribution in [0.25, 0.3) is 0 Å². The first kappa shape index (κ1) is 27.9. The molecule has 0 radical (unpaired) electrons. The van der Waals surface area contributed by atoms with Crippen molar-refractivity contribution < 1.29 is 29.4 Å². The first-order chi connectivity index (χ1) is 16.2. The maximum absolute atomic E-state index is 12.3. The maximum atomic E-state index is 12.3. The topological polar surface area (TPSA) is 223 Å². The number of nitrogens with two attached hydrogens (primary N) is 1. The van der Waals surface area contributed by atoms with E-state index in [1.807, 2.05) is 0 Å². The first-order valence-corrected chi connectivity index (χ1v) is 10.1. The molecule has 0 saturated heterocycles. The Bertz CT molecular complexity index is 1160. The fourth-order valence-corrected chi connectivity index (χ4v) is 3.39. The molecule has 1 aromatic carbocycles. The van der Waals surface area contributed by atoms with Crippen molar-refractivity contribution in [2.75, 3.05) is 34.4 Å². The number of aromatic amines is 1. The van der Waals surface area contributed by atoms with Gasteiger partial charge in [0.1, 0.15) is 0 Å². The number of benzene rings is 1. The van der Waals surface area contributed by atoms with Gasteiger partial charge in [-0.15, -0.1) is 0 Å². The van der Waals surface area contributed by atoms with E-state index in [4.69, 9.17) is 10.8 Å². The van der Waals surface area contributed by atoms with Crippen LogP contribution in [-0.2, 0) is 14.4 Å². The Labute approximate surface area is 228 Å². The van der Waals surface area contributed by atoms with E-state index in [0.717, 1.165) is 0 Å². The van der Waals surface area contributed by atoms with Gasteiger partial charge in [0.05, 0.1) is 18.1 Å². The molecular weight excluding hydrogens is 490 g/mol. The number of hydrogen-bond acceptors (Lipinski definition) is 10. The van der Waals surface area contributed by atoms with E-state index in [-0.39, 0.29) is 73.7 Å². The van der Waals surface area contributed by atoms with Gasteiger partial charge in [0.2, 0.25) is 12.4 Å². The summed E-state index contributed by atoms with van der Waals surface area (Å²) in [7, 11) is 0. The number of nitrogens with one attached hydrogen (secondary N) is 4. The largest absolute Gasteiger partial charge is 2.00 e. The van der Waals surface area contributed by atoms with Crippen LogP contribution in [0.4, 0.5) is 23.1 Å². The second kappa shape index (κ2) is 12.4. The quantitative estimate of drug-likeness (QED) is 0.145. The molecule has 0 saturated carbocycles. The minimum absolute atomic E-state index is 0. The zero-order valence-corrected chi connectivity index (χ0v) is 20.7. The molecule has 3 rings (SSSR count). The molecule has 1 aliphatic heterocycles. The Morgan fingerprint density at radius 1 is 1.31 bits per heavy atom. The van der Waals surface area contributed by atoms with E-state index in [1.54, 1.807) is 12.1 Å². The van der Waals surface area contributed by atoms with E-state index >= 15 is 0 Å². The van der Waals surface area contributed by atoms with Crippen molar-refractivity contribution in [2.45, 2.75) is 24.9 Å². The fourth-order valence-electron chi connectivity index (χ4n) is 3.39. The molecule has 2 aromatic rings. The van der Waals surface area contributed by atoms with Crippen LogP contribution in [0, 0.1) is 0 Å². The number of fused-ring (bicyclic) bond motifs is 1. The molecular formula is C20H22CaN7O7+. The molecule has 0 unspecified atom stereocenters. The number of H-pyrrole nitrogens is 1. The van der Waals surface area contributed by atoms with Gasteiger partial charge in [0, 0.05) is 30.8 Å². The van der Waals surface area contributed by atoms with Crippen molar-refractivity contribution >= 4 is 85.1 Å². The zero-order valence-electron chi connectivity index (χ0n) is 18.4. The summed E-state index contributed by atoms with van der Waals surface area (Å²) in [5, 5.41) is 28.1. The van der Waals surface area contributed by atoms with Crippen molar-refractivity contribution in [3.63, 3.8) is 0 Å². The van der Waals surface area contributed by atoms with Gasteiger partial charge in [-0.2, -0.15) is 4.98 Å². The summed E-state index contributed by atoms with van der Waals surface area (Å²) in [5.41, 5.74) is 5.79. The second-order valence-electron chi connectivity index (χ2n) is 7.43. The molecule has 0 spiro atoms. The van der Waals surface area contributed by atoms with Crippen molar-refractivity contribution in [2.24, 2.45) is 0 Å². The van der Waals surface area contributed by atoms with Crippen LogP contribution < -0.4 is 37.2 Å². The van der Waals surface area contributed by atoms with Crippen LogP contribution in [0.3, 0.4) is 0 Å². The van der Waals surface area contributed by atoms with E-state index in [2.05, 4.69) is 25.9 Å². The van der Waals surface area contributed by atoms with Crippen molar-refractivity contribution in [1.29, 1.82) is 0 Å². The van der Waals surface area contributed by atoms with Gasteiger partial charge in [-0.3, -0.25) is 24.2 Å². The van der Waals surface area contributed by atoms with Crippen molar-refractivity contribution in [3.8, 4) is 0 Å². The molecule has 15 heteroatoms.